The Labute approximate surface area is 117 Å². The van der Waals surface area contributed by atoms with Gasteiger partial charge in [0, 0.05) is 27.8 Å². The zero-order valence-electron chi connectivity index (χ0n) is 12.7. The normalized spacial score (nSPS) is 12.7. The van der Waals surface area contributed by atoms with E-state index in [9.17, 15) is 0 Å². The van der Waals surface area contributed by atoms with Crippen molar-refractivity contribution in [3.63, 3.8) is 0 Å². The van der Waals surface area contributed by atoms with Crippen LogP contribution >= 0.6 is 0 Å². The number of nitrogens with zero attached hydrogens (tertiary/aromatic N) is 1. The average molecular weight is 284 g/mol. The van der Waals surface area contributed by atoms with Crippen LogP contribution in [0, 0.1) is 0 Å². The zero-order chi connectivity index (χ0) is 14.4. The molecule has 0 saturated heterocycles. The number of likely N-dealkylation sites (N-methyl/N-ethyl adjacent to an activating group) is 1. The third-order valence-electron chi connectivity index (χ3n) is 3.40. The number of hydrogen-bond donors (Lipinski definition) is 0. The molecule has 0 amide bonds. The lowest BCUT2D eigenvalue weighted by molar-refractivity contribution is -0.882. The Bertz CT molecular complexity index is 358. The van der Waals surface area contributed by atoms with Gasteiger partial charge in [-0.25, -0.2) is 0 Å². The van der Waals surface area contributed by atoms with Crippen LogP contribution in [-0.2, 0) is 19.7 Å². The molecule has 0 atom stereocenters. The highest BCUT2D eigenvalue weighted by Gasteiger charge is 2.45. The summed E-state index contributed by atoms with van der Waals surface area (Å²) in [4.78, 5) is 0. The largest absolute Gasteiger partial charge is 0.558 e. The summed E-state index contributed by atoms with van der Waals surface area (Å²) in [5.74, 6) is 0. The van der Waals surface area contributed by atoms with Crippen LogP contribution in [0.25, 0.3) is 0 Å². The second-order valence-corrected chi connectivity index (χ2v) is 8.26. The first-order chi connectivity index (χ1) is 8.97. The van der Waals surface area contributed by atoms with Crippen LogP contribution < -0.4 is 0 Å². The molecule has 0 spiro atoms. The molecule has 0 bridgehead atoms. The van der Waals surface area contributed by atoms with E-state index in [0.29, 0.717) is 0 Å². The van der Waals surface area contributed by atoms with Crippen molar-refractivity contribution in [2.45, 2.75) is 6.42 Å². The number of rotatable bonds is 8. The molecule has 4 nitrogen and oxygen atoms in total. The molecule has 108 valence electrons. The molecule has 0 aliphatic rings. The third kappa shape index (κ3) is 5.04. The van der Waals surface area contributed by atoms with E-state index in [2.05, 4.69) is 38.4 Å². The summed E-state index contributed by atoms with van der Waals surface area (Å²) in [7, 11) is 6.84. The van der Waals surface area contributed by atoms with E-state index in [1.807, 2.05) is 6.07 Å². The van der Waals surface area contributed by atoms with Gasteiger partial charge in [-0.1, -0.05) is 30.3 Å². The molecule has 0 aliphatic heterocycles. The van der Waals surface area contributed by atoms with Crippen molar-refractivity contribution < 1.29 is 17.8 Å². The Morgan fingerprint density at radius 1 is 0.947 bits per heavy atom. The van der Waals surface area contributed by atoms with Crippen molar-refractivity contribution in [2.24, 2.45) is 0 Å². The Morgan fingerprint density at radius 3 is 1.95 bits per heavy atom. The molecule has 0 heterocycles. The summed E-state index contributed by atoms with van der Waals surface area (Å²) < 4.78 is 17.3. The molecule has 0 radical (unpaired) electrons. The van der Waals surface area contributed by atoms with Gasteiger partial charge < -0.3 is 17.8 Å². The summed E-state index contributed by atoms with van der Waals surface area (Å²) in [6.45, 7) is 1.02. The molecule has 0 aromatic heterocycles. The second kappa shape index (κ2) is 7.16. The SMILES string of the molecule is CO[Si](C[N+](C)(C)CCc1ccccc1)(OC)OC. The van der Waals surface area contributed by atoms with Crippen molar-refractivity contribution in [3.05, 3.63) is 35.9 Å². The molecule has 1 rings (SSSR count). The molecule has 0 unspecified atom stereocenters. The third-order valence-corrected chi connectivity index (χ3v) is 6.51. The van der Waals surface area contributed by atoms with Crippen LogP contribution in [0.5, 0.6) is 0 Å². The molecule has 0 fully saturated rings. The highest BCUT2D eigenvalue weighted by Crippen LogP contribution is 2.13. The molecule has 5 heteroatoms. The van der Waals surface area contributed by atoms with Crippen LogP contribution in [0.3, 0.4) is 0 Å². The lowest BCUT2D eigenvalue weighted by Crippen LogP contribution is -2.59. The zero-order valence-corrected chi connectivity index (χ0v) is 13.7. The first-order valence-electron chi connectivity index (χ1n) is 6.48. The maximum absolute atomic E-state index is 5.50. The van der Waals surface area contributed by atoms with Gasteiger partial charge in [0.1, 0.15) is 6.17 Å². The Balaban J connectivity index is 2.60. The van der Waals surface area contributed by atoms with Gasteiger partial charge in [-0.05, 0) is 5.56 Å². The minimum absolute atomic E-state index is 0.767. The van der Waals surface area contributed by atoms with Gasteiger partial charge in [0.25, 0.3) is 0 Å². The standard InChI is InChI=1S/C14H26NO3Si/c1-15(2,13-19(16-3,17-4)18-5)12-11-14-9-7-6-8-10-14/h6-10H,11-13H2,1-5H3/q+1. The quantitative estimate of drug-likeness (QED) is 0.537. The van der Waals surface area contributed by atoms with Crippen molar-refractivity contribution in [1.29, 1.82) is 0 Å². The van der Waals surface area contributed by atoms with Gasteiger partial charge in [-0.2, -0.15) is 0 Å². The van der Waals surface area contributed by atoms with Gasteiger partial charge in [0.2, 0.25) is 0 Å². The second-order valence-electron chi connectivity index (χ2n) is 5.35. The predicted molar refractivity (Wildman–Crippen MR) is 78.8 cm³/mol. The number of benzene rings is 1. The molecule has 19 heavy (non-hydrogen) atoms. The molecule has 0 saturated carbocycles. The van der Waals surface area contributed by atoms with E-state index in [4.69, 9.17) is 13.3 Å². The van der Waals surface area contributed by atoms with E-state index >= 15 is 0 Å². The maximum Gasteiger partial charge on any atom is 0.558 e. The summed E-state index contributed by atoms with van der Waals surface area (Å²) in [5, 5.41) is 0. The van der Waals surface area contributed by atoms with Gasteiger partial charge in [0.05, 0.1) is 20.6 Å². The van der Waals surface area contributed by atoms with Gasteiger partial charge in [0.15, 0.2) is 0 Å². The van der Waals surface area contributed by atoms with Crippen molar-refractivity contribution >= 4 is 8.80 Å². The van der Waals surface area contributed by atoms with Crippen LogP contribution in [0.15, 0.2) is 30.3 Å². The monoisotopic (exact) mass is 284 g/mol. The molecule has 1 aromatic rings. The van der Waals surface area contributed by atoms with Crippen molar-refractivity contribution in [1.82, 2.24) is 0 Å². The van der Waals surface area contributed by atoms with Crippen molar-refractivity contribution in [2.75, 3.05) is 48.1 Å². The van der Waals surface area contributed by atoms with E-state index in [-0.39, 0.29) is 0 Å². The topological polar surface area (TPSA) is 27.7 Å². The first kappa shape index (κ1) is 16.3. The fraction of sp³-hybridized carbons (Fsp3) is 0.571. The highest BCUT2D eigenvalue weighted by atomic mass is 28.4. The summed E-state index contributed by atoms with van der Waals surface area (Å²) in [6.07, 6.45) is 1.80. The Hall–Kier alpha value is -0.723. The van der Waals surface area contributed by atoms with E-state index in [1.54, 1.807) is 21.3 Å². The molecule has 0 N–H and O–H groups in total. The van der Waals surface area contributed by atoms with Crippen LogP contribution in [-0.4, -0.2) is 61.4 Å². The molecule has 0 aliphatic carbocycles. The van der Waals surface area contributed by atoms with Crippen molar-refractivity contribution in [3.8, 4) is 0 Å². The summed E-state index contributed by atoms with van der Waals surface area (Å²) in [6, 6.07) is 10.5. The van der Waals surface area contributed by atoms with Gasteiger partial charge in [-0.3, -0.25) is 0 Å². The lowest BCUT2D eigenvalue weighted by atomic mass is 10.1. The van der Waals surface area contributed by atoms with Gasteiger partial charge >= 0.3 is 8.80 Å². The minimum Gasteiger partial charge on any atom is -0.374 e. The summed E-state index contributed by atoms with van der Waals surface area (Å²) >= 11 is 0. The molecular weight excluding hydrogens is 258 g/mol. The van der Waals surface area contributed by atoms with Crippen LogP contribution in [0.2, 0.25) is 0 Å². The lowest BCUT2D eigenvalue weighted by Gasteiger charge is -2.35. The highest BCUT2D eigenvalue weighted by molar-refractivity contribution is 6.60. The Kier molecular flexibility index (Phi) is 6.16. The predicted octanol–water partition coefficient (Wildman–Crippen LogP) is 1.72. The van der Waals surface area contributed by atoms with Crippen LogP contribution in [0.1, 0.15) is 5.56 Å². The molecular formula is C14H26NO3Si+. The first-order valence-corrected chi connectivity index (χ1v) is 8.41. The van der Waals surface area contributed by atoms with E-state index < -0.39 is 8.80 Å². The maximum atomic E-state index is 5.50. The summed E-state index contributed by atoms with van der Waals surface area (Å²) in [5.41, 5.74) is 1.35. The van der Waals surface area contributed by atoms with E-state index in [1.165, 1.54) is 5.56 Å². The van der Waals surface area contributed by atoms with E-state index in [0.717, 1.165) is 23.6 Å². The Morgan fingerprint density at radius 2 is 1.47 bits per heavy atom. The van der Waals surface area contributed by atoms with Crippen LogP contribution in [0.4, 0.5) is 0 Å². The minimum atomic E-state index is -2.52. The fourth-order valence-electron chi connectivity index (χ4n) is 2.12. The average Bonchev–Trinajstić information content (AvgIpc) is 2.44. The number of hydrogen-bond acceptors (Lipinski definition) is 3. The fourth-order valence-corrected chi connectivity index (χ4v) is 4.22. The number of quaternary nitrogens is 1. The smallest absolute Gasteiger partial charge is 0.374 e. The van der Waals surface area contributed by atoms with Gasteiger partial charge in [-0.15, -0.1) is 0 Å². The molecule has 1 aromatic carbocycles.